The number of benzene rings is 1. The zero-order valence-electron chi connectivity index (χ0n) is 9.72. The molecule has 0 heterocycles. The quantitative estimate of drug-likeness (QED) is 0.725. The fraction of sp³-hybridized carbons (Fsp3) is 0.333. The predicted octanol–water partition coefficient (Wildman–Crippen LogP) is 1.09. The fourth-order valence-electron chi connectivity index (χ4n) is 1.18. The zero-order chi connectivity index (χ0) is 12.7. The smallest absolute Gasteiger partial charge is 0.239 e. The van der Waals surface area contributed by atoms with E-state index in [-0.39, 0.29) is 12.3 Å². The third-order valence-electron chi connectivity index (χ3n) is 1.95. The van der Waals surface area contributed by atoms with Crippen LogP contribution in [0.2, 0.25) is 0 Å². The number of phenols is 1. The molecule has 0 saturated heterocycles. The van der Waals surface area contributed by atoms with Crippen LogP contribution in [-0.2, 0) is 4.79 Å². The van der Waals surface area contributed by atoms with Crippen LogP contribution in [-0.4, -0.2) is 30.4 Å². The van der Waals surface area contributed by atoms with Gasteiger partial charge in [-0.1, -0.05) is 6.92 Å². The van der Waals surface area contributed by atoms with E-state index in [0.29, 0.717) is 17.9 Å². The minimum Gasteiger partial charge on any atom is -0.507 e. The van der Waals surface area contributed by atoms with Gasteiger partial charge in [-0.05, 0) is 18.6 Å². The molecule has 0 radical (unpaired) electrons. The van der Waals surface area contributed by atoms with E-state index in [4.69, 9.17) is 10.5 Å². The minimum atomic E-state index is -0.511. The minimum absolute atomic E-state index is 0.0619. The highest BCUT2D eigenvalue weighted by molar-refractivity contribution is 5.86. The van der Waals surface area contributed by atoms with E-state index in [1.165, 1.54) is 12.3 Å². The molecular weight excluding hydrogens is 220 g/mol. The number of amides is 1. The van der Waals surface area contributed by atoms with Crippen molar-refractivity contribution in [2.24, 2.45) is 10.7 Å². The summed E-state index contributed by atoms with van der Waals surface area (Å²) in [5, 5.41) is 9.67. The molecule has 1 aromatic rings. The topological polar surface area (TPSA) is 84.9 Å². The summed E-state index contributed by atoms with van der Waals surface area (Å²) in [7, 11) is 0. The van der Waals surface area contributed by atoms with Crippen molar-refractivity contribution in [3.05, 3.63) is 23.8 Å². The molecule has 0 atom stereocenters. The summed E-state index contributed by atoms with van der Waals surface area (Å²) in [5.74, 6) is 0.159. The largest absolute Gasteiger partial charge is 0.507 e. The lowest BCUT2D eigenvalue weighted by Gasteiger charge is -2.05. The number of carbonyl (C=O) groups is 1. The Balaban J connectivity index is 2.68. The summed E-state index contributed by atoms with van der Waals surface area (Å²) in [6.07, 6.45) is 2.31. The second-order valence-electron chi connectivity index (χ2n) is 3.51. The number of nitrogens with two attached hydrogens (primary N) is 1. The van der Waals surface area contributed by atoms with Gasteiger partial charge in [0, 0.05) is 17.8 Å². The van der Waals surface area contributed by atoms with Crippen LogP contribution >= 0.6 is 0 Å². The van der Waals surface area contributed by atoms with Crippen LogP contribution < -0.4 is 10.5 Å². The van der Waals surface area contributed by atoms with Gasteiger partial charge in [-0.3, -0.25) is 9.79 Å². The highest BCUT2D eigenvalue weighted by atomic mass is 16.5. The molecule has 1 rings (SSSR count). The highest BCUT2D eigenvalue weighted by Crippen LogP contribution is 2.22. The Kier molecular flexibility index (Phi) is 5.00. The number of carbonyl (C=O) groups excluding carboxylic acids is 1. The molecule has 0 aliphatic heterocycles. The second kappa shape index (κ2) is 6.52. The predicted molar refractivity (Wildman–Crippen MR) is 65.5 cm³/mol. The van der Waals surface area contributed by atoms with Gasteiger partial charge in [0.2, 0.25) is 5.91 Å². The van der Waals surface area contributed by atoms with E-state index in [0.717, 1.165) is 6.42 Å². The number of phenolic OH excluding ortho intramolecular Hbond substituents is 1. The van der Waals surface area contributed by atoms with Gasteiger partial charge in [-0.2, -0.15) is 0 Å². The molecule has 0 aliphatic rings. The van der Waals surface area contributed by atoms with Crippen molar-refractivity contribution < 1.29 is 14.6 Å². The monoisotopic (exact) mass is 236 g/mol. The number of hydrogen-bond acceptors (Lipinski definition) is 4. The summed E-state index contributed by atoms with van der Waals surface area (Å²) in [4.78, 5) is 14.3. The van der Waals surface area contributed by atoms with Crippen LogP contribution in [0.25, 0.3) is 0 Å². The zero-order valence-corrected chi connectivity index (χ0v) is 9.72. The molecule has 0 saturated carbocycles. The van der Waals surface area contributed by atoms with E-state index in [1.54, 1.807) is 12.1 Å². The van der Waals surface area contributed by atoms with Crippen molar-refractivity contribution >= 4 is 12.1 Å². The molecule has 17 heavy (non-hydrogen) atoms. The third-order valence-corrected chi connectivity index (χ3v) is 1.95. The van der Waals surface area contributed by atoms with Gasteiger partial charge in [0.15, 0.2) is 0 Å². The molecular formula is C12H16N2O3. The van der Waals surface area contributed by atoms with Crippen molar-refractivity contribution in [3.8, 4) is 11.5 Å². The standard InChI is InChI=1S/C12H16N2O3/c1-2-5-17-10-4-3-9(11(15)6-10)7-14-8-12(13)16/h3-4,6-7,15H,2,5,8H2,1H3,(H2,13,16). The van der Waals surface area contributed by atoms with Crippen molar-refractivity contribution in [1.29, 1.82) is 0 Å². The Hall–Kier alpha value is -2.04. The molecule has 5 nitrogen and oxygen atoms in total. The Bertz CT molecular complexity index is 416. The van der Waals surface area contributed by atoms with Crippen LogP contribution in [0.1, 0.15) is 18.9 Å². The van der Waals surface area contributed by atoms with Gasteiger partial charge in [0.1, 0.15) is 18.0 Å². The number of hydrogen-bond donors (Lipinski definition) is 2. The number of nitrogens with zero attached hydrogens (tertiary/aromatic N) is 1. The maximum Gasteiger partial charge on any atom is 0.239 e. The Morgan fingerprint density at radius 2 is 2.35 bits per heavy atom. The van der Waals surface area contributed by atoms with E-state index >= 15 is 0 Å². The van der Waals surface area contributed by atoms with E-state index in [1.807, 2.05) is 6.92 Å². The van der Waals surface area contributed by atoms with Crippen molar-refractivity contribution in [2.45, 2.75) is 13.3 Å². The molecule has 3 N–H and O–H groups in total. The normalized spacial score (nSPS) is 10.6. The van der Waals surface area contributed by atoms with Gasteiger partial charge in [-0.25, -0.2) is 0 Å². The van der Waals surface area contributed by atoms with Crippen LogP contribution in [0.3, 0.4) is 0 Å². The van der Waals surface area contributed by atoms with Gasteiger partial charge >= 0.3 is 0 Å². The Morgan fingerprint density at radius 3 is 2.94 bits per heavy atom. The third kappa shape index (κ3) is 4.55. The molecule has 0 aromatic heterocycles. The SMILES string of the molecule is CCCOc1ccc(C=NCC(N)=O)c(O)c1. The second-order valence-corrected chi connectivity index (χ2v) is 3.51. The summed E-state index contributed by atoms with van der Waals surface area (Å²) < 4.78 is 5.36. The maximum atomic E-state index is 10.5. The van der Waals surface area contributed by atoms with Gasteiger partial charge < -0.3 is 15.6 Å². The molecule has 0 fully saturated rings. The number of aromatic hydroxyl groups is 1. The van der Waals surface area contributed by atoms with Gasteiger partial charge in [0.05, 0.1) is 6.61 Å². The Labute approximate surface area is 99.9 Å². The fourth-order valence-corrected chi connectivity index (χ4v) is 1.18. The number of aliphatic imine (C=N–C) groups is 1. The molecule has 0 spiro atoms. The number of ether oxygens (including phenoxy) is 1. The van der Waals surface area contributed by atoms with Crippen LogP contribution in [0.5, 0.6) is 11.5 Å². The van der Waals surface area contributed by atoms with E-state index in [9.17, 15) is 9.90 Å². The maximum absolute atomic E-state index is 10.5. The first-order chi connectivity index (χ1) is 8.13. The Morgan fingerprint density at radius 1 is 1.59 bits per heavy atom. The number of rotatable bonds is 6. The summed E-state index contributed by atoms with van der Waals surface area (Å²) in [5.41, 5.74) is 5.46. The summed E-state index contributed by atoms with van der Waals surface area (Å²) in [6.45, 7) is 2.52. The van der Waals surface area contributed by atoms with Crippen molar-refractivity contribution in [3.63, 3.8) is 0 Å². The molecule has 5 heteroatoms. The molecule has 1 aromatic carbocycles. The van der Waals surface area contributed by atoms with Crippen LogP contribution in [0, 0.1) is 0 Å². The molecule has 0 unspecified atom stereocenters. The lowest BCUT2D eigenvalue weighted by molar-refractivity contribution is -0.116. The van der Waals surface area contributed by atoms with Gasteiger partial charge in [-0.15, -0.1) is 0 Å². The van der Waals surface area contributed by atoms with E-state index in [2.05, 4.69) is 4.99 Å². The molecule has 1 amide bonds. The molecule has 0 aliphatic carbocycles. The average Bonchev–Trinajstić information content (AvgIpc) is 2.28. The lowest BCUT2D eigenvalue weighted by atomic mass is 10.2. The van der Waals surface area contributed by atoms with Crippen molar-refractivity contribution in [2.75, 3.05) is 13.2 Å². The first-order valence-corrected chi connectivity index (χ1v) is 5.37. The summed E-state index contributed by atoms with van der Waals surface area (Å²) >= 11 is 0. The average molecular weight is 236 g/mol. The summed E-state index contributed by atoms with van der Waals surface area (Å²) in [6, 6.07) is 4.92. The first kappa shape index (κ1) is 13.0. The lowest BCUT2D eigenvalue weighted by Crippen LogP contribution is -2.14. The van der Waals surface area contributed by atoms with E-state index < -0.39 is 5.91 Å². The van der Waals surface area contributed by atoms with Crippen LogP contribution in [0.4, 0.5) is 0 Å². The highest BCUT2D eigenvalue weighted by Gasteiger charge is 2.01. The van der Waals surface area contributed by atoms with Gasteiger partial charge in [0.25, 0.3) is 0 Å². The first-order valence-electron chi connectivity index (χ1n) is 5.37. The molecule has 0 bridgehead atoms. The van der Waals surface area contributed by atoms with Crippen LogP contribution in [0.15, 0.2) is 23.2 Å². The number of primary amides is 1. The molecule has 92 valence electrons. The van der Waals surface area contributed by atoms with Crippen molar-refractivity contribution in [1.82, 2.24) is 0 Å².